The molecule has 0 bridgehead atoms. The third kappa shape index (κ3) is 4.82. The molecule has 0 aliphatic carbocycles. The zero-order valence-electron chi connectivity index (χ0n) is 15.4. The van der Waals surface area contributed by atoms with Crippen molar-refractivity contribution >= 4 is 33.2 Å². The fourth-order valence-electron chi connectivity index (χ4n) is 2.82. The van der Waals surface area contributed by atoms with Crippen LogP contribution >= 0.6 is 11.6 Å². The Morgan fingerprint density at radius 2 is 1.86 bits per heavy atom. The van der Waals surface area contributed by atoms with Gasteiger partial charge in [0.05, 0.1) is 42.3 Å². The van der Waals surface area contributed by atoms with Crippen molar-refractivity contribution < 1.29 is 22.7 Å². The van der Waals surface area contributed by atoms with Gasteiger partial charge in [0, 0.05) is 13.1 Å². The number of methoxy groups -OCH3 is 1. The Kier molecular flexibility index (Phi) is 6.56. The summed E-state index contributed by atoms with van der Waals surface area (Å²) in [6.07, 6.45) is 0.126. The molecule has 150 valence electrons. The van der Waals surface area contributed by atoms with E-state index in [1.165, 1.54) is 22.5 Å². The molecule has 1 aliphatic rings. The van der Waals surface area contributed by atoms with Gasteiger partial charge in [-0.25, -0.2) is 8.42 Å². The average Bonchev–Trinajstić information content (AvgIpc) is 2.70. The second-order valence-electron chi connectivity index (χ2n) is 6.23. The molecule has 0 atom stereocenters. The van der Waals surface area contributed by atoms with E-state index in [0.29, 0.717) is 32.1 Å². The molecule has 0 unspecified atom stereocenters. The van der Waals surface area contributed by atoms with E-state index in [4.69, 9.17) is 21.1 Å². The molecule has 0 saturated carbocycles. The van der Waals surface area contributed by atoms with E-state index >= 15 is 0 Å². The largest absolute Gasteiger partial charge is 0.497 e. The van der Waals surface area contributed by atoms with Crippen LogP contribution in [0.25, 0.3) is 0 Å². The molecular formula is C19H21ClN2O5S. The Morgan fingerprint density at radius 3 is 2.50 bits per heavy atom. The van der Waals surface area contributed by atoms with Crippen molar-refractivity contribution in [3.8, 4) is 5.75 Å². The highest BCUT2D eigenvalue weighted by atomic mass is 35.5. The van der Waals surface area contributed by atoms with Crippen LogP contribution in [-0.4, -0.2) is 52.0 Å². The first-order chi connectivity index (χ1) is 13.4. The molecule has 1 amide bonds. The summed E-state index contributed by atoms with van der Waals surface area (Å²) in [5.41, 5.74) is 1.06. The zero-order valence-corrected chi connectivity index (χ0v) is 16.9. The first-order valence-electron chi connectivity index (χ1n) is 8.70. The lowest BCUT2D eigenvalue weighted by atomic mass is 10.1. The summed E-state index contributed by atoms with van der Waals surface area (Å²) in [7, 11) is -2.10. The van der Waals surface area contributed by atoms with E-state index in [1.807, 2.05) is 0 Å². The van der Waals surface area contributed by atoms with Gasteiger partial charge in [0.2, 0.25) is 15.9 Å². The molecule has 0 radical (unpaired) electrons. The molecule has 1 fully saturated rings. The Morgan fingerprint density at radius 1 is 1.18 bits per heavy atom. The number of carbonyl (C=O) groups is 1. The van der Waals surface area contributed by atoms with Crippen molar-refractivity contribution in [2.75, 3.05) is 38.7 Å². The molecule has 1 heterocycles. The van der Waals surface area contributed by atoms with Crippen LogP contribution in [0.3, 0.4) is 0 Å². The number of hydrogen-bond acceptors (Lipinski definition) is 5. The fourth-order valence-corrected chi connectivity index (χ4v) is 4.42. The molecule has 0 aromatic heterocycles. The lowest BCUT2D eigenvalue weighted by Crippen LogP contribution is -2.40. The summed E-state index contributed by atoms with van der Waals surface area (Å²) in [4.78, 5) is 12.5. The number of amides is 1. The number of anilines is 1. The summed E-state index contributed by atoms with van der Waals surface area (Å²) in [6, 6.07) is 11.4. The average molecular weight is 425 g/mol. The SMILES string of the molecule is COc1ccc(CC(=O)Nc2cc(S(=O)(=O)N3CCOCC3)ccc2Cl)cc1. The molecule has 1 aliphatic heterocycles. The first kappa shape index (κ1) is 20.6. The van der Waals surface area contributed by atoms with Crippen molar-refractivity contribution in [3.05, 3.63) is 53.1 Å². The van der Waals surface area contributed by atoms with Gasteiger partial charge in [-0.3, -0.25) is 4.79 Å². The second-order valence-corrected chi connectivity index (χ2v) is 8.58. The van der Waals surface area contributed by atoms with Crippen molar-refractivity contribution in [1.82, 2.24) is 4.31 Å². The maximum atomic E-state index is 12.8. The van der Waals surface area contributed by atoms with Gasteiger partial charge >= 0.3 is 0 Å². The van der Waals surface area contributed by atoms with Crippen molar-refractivity contribution in [2.45, 2.75) is 11.3 Å². The highest BCUT2D eigenvalue weighted by Gasteiger charge is 2.27. The smallest absolute Gasteiger partial charge is 0.243 e. The number of ether oxygens (including phenoxy) is 2. The summed E-state index contributed by atoms with van der Waals surface area (Å²) >= 11 is 6.16. The molecule has 7 nitrogen and oxygen atoms in total. The maximum absolute atomic E-state index is 12.8. The number of sulfonamides is 1. The molecular weight excluding hydrogens is 404 g/mol. The fraction of sp³-hybridized carbons (Fsp3) is 0.316. The van der Waals surface area contributed by atoms with Gasteiger partial charge in [-0.15, -0.1) is 0 Å². The third-order valence-electron chi connectivity index (χ3n) is 4.34. The van der Waals surface area contributed by atoms with Gasteiger partial charge < -0.3 is 14.8 Å². The van der Waals surface area contributed by atoms with Crippen LogP contribution in [0.15, 0.2) is 47.4 Å². The highest BCUT2D eigenvalue weighted by molar-refractivity contribution is 7.89. The standard InChI is InChI=1S/C19H21ClN2O5S/c1-26-15-4-2-14(3-5-15)12-19(23)21-18-13-16(6-7-17(18)20)28(24,25)22-8-10-27-11-9-22/h2-7,13H,8-12H2,1H3,(H,21,23). The minimum absolute atomic E-state index is 0.0820. The normalized spacial score (nSPS) is 15.2. The third-order valence-corrected chi connectivity index (χ3v) is 6.57. The number of halogens is 1. The molecule has 1 N–H and O–H groups in total. The highest BCUT2D eigenvalue weighted by Crippen LogP contribution is 2.27. The number of carbonyl (C=O) groups excluding carboxylic acids is 1. The van der Waals surface area contributed by atoms with E-state index in [0.717, 1.165) is 5.56 Å². The monoisotopic (exact) mass is 424 g/mol. The molecule has 2 aromatic carbocycles. The minimum Gasteiger partial charge on any atom is -0.497 e. The Balaban J connectivity index is 1.74. The van der Waals surface area contributed by atoms with Gasteiger partial charge in [0.25, 0.3) is 0 Å². The van der Waals surface area contributed by atoms with Crippen LogP contribution < -0.4 is 10.1 Å². The van der Waals surface area contributed by atoms with Crippen LogP contribution in [0.5, 0.6) is 5.75 Å². The summed E-state index contributed by atoms with van der Waals surface area (Å²) in [6.45, 7) is 1.31. The van der Waals surface area contributed by atoms with E-state index in [9.17, 15) is 13.2 Å². The van der Waals surface area contributed by atoms with Crippen LogP contribution in [0.1, 0.15) is 5.56 Å². The lowest BCUT2D eigenvalue weighted by Gasteiger charge is -2.26. The Labute approximate surface area is 169 Å². The maximum Gasteiger partial charge on any atom is 0.243 e. The number of rotatable bonds is 6. The van der Waals surface area contributed by atoms with Crippen LogP contribution in [-0.2, 0) is 26.0 Å². The number of nitrogens with one attached hydrogen (secondary N) is 1. The van der Waals surface area contributed by atoms with Gasteiger partial charge in [0.1, 0.15) is 5.75 Å². The quantitative estimate of drug-likeness (QED) is 0.770. The molecule has 9 heteroatoms. The number of nitrogens with zero attached hydrogens (tertiary/aromatic N) is 1. The molecule has 0 spiro atoms. The van der Waals surface area contributed by atoms with Crippen LogP contribution in [0.4, 0.5) is 5.69 Å². The Hall–Kier alpha value is -2.13. The lowest BCUT2D eigenvalue weighted by molar-refractivity contribution is -0.115. The Bertz CT molecular complexity index is 941. The number of morpholine rings is 1. The predicted octanol–water partition coefficient (Wildman–Crippen LogP) is 2.55. The van der Waals surface area contributed by atoms with Crippen LogP contribution in [0.2, 0.25) is 5.02 Å². The second kappa shape index (κ2) is 8.91. The van der Waals surface area contributed by atoms with Gasteiger partial charge in [-0.2, -0.15) is 4.31 Å². The van der Waals surface area contributed by atoms with Gasteiger partial charge in [-0.1, -0.05) is 23.7 Å². The predicted molar refractivity (Wildman–Crippen MR) is 106 cm³/mol. The van der Waals surface area contributed by atoms with E-state index in [-0.39, 0.29) is 27.9 Å². The number of hydrogen-bond donors (Lipinski definition) is 1. The summed E-state index contributed by atoms with van der Waals surface area (Å²) < 4.78 is 37.2. The summed E-state index contributed by atoms with van der Waals surface area (Å²) in [5, 5.41) is 2.96. The summed E-state index contributed by atoms with van der Waals surface area (Å²) in [5.74, 6) is 0.404. The first-order valence-corrected chi connectivity index (χ1v) is 10.5. The van der Waals surface area contributed by atoms with Crippen molar-refractivity contribution in [1.29, 1.82) is 0 Å². The van der Waals surface area contributed by atoms with Crippen LogP contribution in [0, 0.1) is 0 Å². The topological polar surface area (TPSA) is 84.9 Å². The molecule has 3 rings (SSSR count). The van der Waals surface area contributed by atoms with Gasteiger partial charge in [0.15, 0.2) is 0 Å². The van der Waals surface area contributed by atoms with E-state index < -0.39 is 10.0 Å². The van der Waals surface area contributed by atoms with Crippen molar-refractivity contribution in [3.63, 3.8) is 0 Å². The zero-order chi connectivity index (χ0) is 20.1. The molecule has 28 heavy (non-hydrogen) atoms. The molecule has 2 aromatic rings. The van der Waals surface area contributed by atoms with E-state index in [2.05, 4.69) is 5.32 Å². The number of benzene rings is 2. The van der Waals surface area contributed by atoms with Crippen molar-refractivity contribution in [2.24, 2.45) is 0 Å². The minimum atomic E-state index is -3.67. The van der Waals surface area contributed by atoms with Gasteiger partial charge in [-0.05, 0) is 35.9 Å². The molecule has 1 saturated heterocycles. The van der Waals surface area contributed by atoms with E-state index in [1.54, 1.807) is 31.4 Å².